The van der Waals surface area contributed by atoms with Gasteiger partial charge in [0.15, 0.2) is 5.58 Å². The molecule has 0 unspecified atom stereocenters. The second-order valence-corrected chi connectivity index (χ2v) is 7.21. The van der Waals surface area contributed by atoms with Gasteiger partial charge in [-0.3, -0.25) is 4.90 Å². The Balaban J connectivity index is 0.00000240. The van der Waals surface area contributed by atoms with Crippen molar-refractivity contribution in [1.29, 1.82) is 5.26 Å². The van der Waals surface area contributed by atoms with Gasteiger partial charge in [-0.2, -0.15) is 5.26 Å². The minimum atomic E-state index is 0. The van der Waals surface area contributed by atoms with Crippen LogP contribution in [0.4, 0.5) is 0 Å². The summed E-state index contributed by atoms with van der Waals surface area (Å²) < 4.78 is 11.3. The van der Waals surface area contributed by atoms with Crippen molar-refractivity contribution in [3.63, 3.8) is 0 Å². The number of hydrogen-bond acceptors (Lipinski definition) is 5. The molecule has 4 rings (SSSR count). The number of ether oxygens (including phenoxy) is 1. The van der Waals surface area contributed by atoms with Gasteiger partial charge in [-0.05, 0) is 56.3 Å². The highest BCUT2D eigenvalue weighted by molar-refractivity contribution is 6.31. The lowest BCUT2D eigenvalue weighted by Crippen LogP contribution is -2.25. The largest absolute Gasteiger partial charge is 0.492 e. The van der Waals surface area contributed by atoms with E-state index in [1.54, 1.807) is 24.3 Å². The van der Waals surface area contributed by atoms with Crippen LogP contribution in [0, 0.1) is 11.3 Å². The Morgan fingerprint density at radius 2 is 2.03 bits per heavy atom. The summed E-state index contributed by atoms with van der Waals surface area (Å²) in [5.74, 6) is 0.750. The maximum absolute atomic E-state index is 9.72. The van der Waals surface area contributed by atoms with Gasteiger partial charge >= 0.3 is 0 Å². The van der Waals surface area contributed by atoms with Crippen LogP contribution in [0.1, 0.15) is 24.1 Å². The predicted octanol–water partition coefficient (Wildman–Crippen LogP) is 5.44. The van der Waals surface area contributed by atoms with Crippen LogP contribution in [0.5, 0.6) is 5.75 Å². The van der Waals surface area contributed by atoms with E-state index in [1.165, 1.54) is 12.8 Å². The fourth-order valence-corrected chi connectivity index (χ4v) is 3.61. The number of nitrogens with zero attached hydrogens (tertiary/aromatic N) is 3. The molecule has 0 bridgehead atoms. The minimum absolute atomic E-state index is 0. The molecule has 0 amide bonds. The first-order chi connectivity index (χ1) is 13.7. The van der Waals surface area contributed by atoms with Crippen molar-refractivity contribution in [2.45, 2.75) is 12.8 Å². The summed E-state index contributed by atoms with van der Waals surface area (Å²) in [4.78, 5) is 2.41. The molecule has 0 N–H and O–H groups in total. The standard InChI is InChI=1S/C22H20ClN3O2.ClH/c23-18-7-8-21-19(14-18)22(25-28-21)17(15-24)13-16-5-1-2-6-20(16)27-12-11-26-9-3-4-10-26;/h1-2,5-8,13-14H,3-4,9-12H2;1H/b17-13+;. The molecule has 0 radical (unpaired) electrons. The number of nitriles is 1. The maximum Gasteiger partial charge on any atom is 0.167 e. The van der Waals surface area contributed by atoms with Crippen LogP contribution in [-0.4, -0.2) is 36.3 Å². The molecule has 1 fully saturated rings. The van der Waals surface area contributed by atoms with Gasteiger partial charge in [0.25, 0.3) is 0 Å². The van der Waals surface area contributed by atoms with Gasteiger partial charge in [0.1, 0.15) is 24.1 Å². The number of aromatic nitrogens is 1. The monoisotopic (exact) mass is 429 g/mol. The normalized spacial score (nSPS) is 14.6. The molecule has 1 saturated heterocycles. The number of rotatable bonds is 6. The van der Waals surface area contributed by atoms with E-state index in [0.29, 0.717) is 33.9 Å². The van der Waals surface area contributed by atoms with Crippen molar-refractivity contribution in [2.24, 2.45) is 0 Å². The Hall–Kier alpha value is -2.52. The van der Waals surface area contributed by atoms with E-state index >= 15 is 0 Å². The summed E-state index contributed by atoms with van der Waals surface area (Å²) in [5, 5.41) is 15.1. The van der Waals surface area contributed by atoms with Gasteiger partial charge in [0, 0.05) is 17.1 Å². The van der Waals surface area contributed by atoms with E-state index in [-0.39, 0.29) is 12.4 Å². The molecule has 0 saturated carbocycles. The zero-order chi connectivity index (χ0) is 19.3. The smallest absolute Gasteiger partial charge is 0.167 e. The lowest BCUT2D eigenvalue weighted by molar-refractivity contribution is 0.237. The zero-order valence-electron chi connectivity index (χ0n) is 15.8. The summed E-state index contributed by atoms with van der Waals surface area (Å²) >= 11 is 6.10. The van der Waals surface area contributed by atoms with Crippen LogP contribution < -0.4 is 4.74 Å². The summed E-state index contributed by atoms with van der Waals surface area (Å²) in [5.41, 5.74) is 2.30. The van der Waals surface area contributed by atoms with E-state index in [0.717, 1.165) is 30.9 Å². The fourth-order valence-electron chi connectivity index (χ4n) is 3.44. The summed E-state index contributed by atoms with van der Waals surface area (Å²) in [7, 11) is 0. The van der Waals surface area contributed by atoms with E-state index in [1.807, 2.05) is 24.3 Å². The molecule has 0 aliphatic carbocycles. The third kappa shape index (κ3) is 4.91. The number of benzene rings is 2. The van der Waals surface area contributed by atoms with Crippen molar-refractivity contribution in [3.05, 3.63) is 58.7 Å². The quantitative estimate of drug-likeness (QED) is 0.487. The Morgan fingerprint density at radius 1 is 1.24 bits per heavy atom. The lowest BCUT2D eigenvalue weighted by atomic mass is 10.1. The number of halogens is 2. The zero-order valence-corrected chi connectivity index (χ0v) is 17.4. The van der Waals surface area contributed by atoms with Crippen LogP contribution in [-0.2, 0) is 0 Å². The molecule has 0 atom stereocenters. The van der Waals surface area contributed by atoms with Gasteiger partial charge in [-0.25, -0.2) is 0 Å². The van der Waals surface area contributed by atoms with Crippen molar-refractivity contribution in [2.75, 3.05) is 26.2 Å². The SMILES string of the molecule is Cl.N#C/C(=C\c1ccccc1OCCN1CCCC1)c1noc2ccc(Cl)cc12. The number of likely N-dealkylation sites (tertiary alicyclic amines) is 1. The maximum atomic E-state index is 9.72. The fraction of sp³-hybridized carbons (Fsp3) is 0.273. The summed E-state index contributed by atoms with van der Waals surface area (Å²) in [6, 6.07) is 15.2. The average Bonchev–Trinajstić information content (AvgIpc) is 3.37. The molecule has 2 heterocycles. The molecule has 29 heavy (non-hydrogen) atoms. The molecular weight excluding hydrogens is 409 g/mol. The van der Waals surface area contributed by atoms with E-state index < -0.39 is 0 Å². The van der Waals surface area contributed by atoms with Gasteiger partial charge in [-0.15, -0.1) is 12.4 Å². The number of fused-ring (bicyclic) bond motifs is 1. The first-order valence-corrected chi connectivity index (χ1v) is 9.74. The molecule has 150 valence electrons. The highest BCUT2D eigenvalue weighted by Crippen LogP contribution is 2.30. The minimum Gasteiger partial charge on any atom is -0.492 e. The molecule has 1 aliphatic rings. The Labute approximate surface area is 180 Å². The highest BCUT2D eigenvalue weighted by Gasteiger charge is 2.15. The van der Waals surface area contributed by atoms with Gasteiger partial charge < -0.3 is 9.26 Å². The molecule has 2 aromatic carbocycles. The van der Waals surface area contributed by atoms with E-state index in [4.69, 9.17) is 20.9 Å². The molecule has 1 aliphatic heterocycles. The second kappa shape index (κ2) is 9.80. The van der Waals surface area contributed by atoms with Crippen LogP contribution >= 0.6 is 24.0 Å². The van der Waals surface area contributed by atoms with Gasteiger partial charge in [0.05, 0.1) is 11.0 Å². The molecule has 1 aromatic heterocycles. The van der Waals surface area contributed by atoms with Crippen molar-refractivity contribution < 1.29 is 9.26 Å². The molecule has 5 nitrogen and oxygen atoms in total. The Kier molecular flexibility index (Phi) is 7.16. The number of allylic oxidation sites excluding steroid dienone is 1. The highest BCUT2D eigenvalue weighted by atomic mass is 35.5. The Morgan fingerprint density at radius 3 is 2.83 bits per heavy atom. The molecule has 7 heteroatoms. The van der Waals surface area contributed by atoms with Crippen LogP contribution in [0.15, 0.2) is 47.0 Å². The number of para-hydroxylation sites is 1. The van der Waals surface area contributed by atoms with Crippen molar-refractivity contribution in [3.8, 4) is 11.8 Å². The third-order valence-corrected chi connectivity index (χ3v) is 5.13. The molecule has 3 aromatic rings. The van der Waals surface area contributed by atoms with Gasteiger partial charge in [-0.1, -0.05) is 35.0 Å². The second-order valence-electron chi connectivity index (χ2n) is 6.78. The van der Waals surface area contributed by atoms with Gasteiger partial charge in [0.2, 0.25) is 0 Å². The average molecular weight is 430 g/mol. The number of hydrogen-bond donors (Lipinski definition) is 0. The lowest BCUT2D eigenvalue weighted by Gasteiger charge is -2.15. The summed E-state index contributed by atoms with van der Waals surface area (Å²) in [6.07, 6.45) is 4.31. The molecule has 0 spiro atoms. The van der Waals surface area contributed by atoms with Crippen LogP contribution in [0.2, 0.25) is 5.02 Å². The van der Waals surface area contributed by atoms with Crippen LogP contribution in [0.3, 0.4) is 0 Å². The Bertz CT molecular complexity index is 1050. The van der Waals surface area contributed by atoms with E-state index in [2.05, 4.69) is 16.1 Å². The van der Waals surface area contributed by atoms with E-state index in [9.17, 15) is 5.26 Å². The van der Waals surface area contributed by atoms with Crippen LogP contribution in [0.25, 0.3) is 22.6 Å². The van der Waals surface area contributed by atoms with Crippen molar-refractivity contribution in [1.82, 2.24) is 10.1 Å². The first-order valence-electron chi connectivity index (χ1n) is 9.36. The van der Waals surface area contributed by atoms with Crippen molar-refractivity contribution >= 4 is 46.6 Å². The third-order valence-electron chi connectivity index (χ3n) is 4.89. The predicted molar refractivity (Wildman–Crippen MR) is 117 cm³/mol. The summed E-state index contributed by atoms with van der Waals surface area (Å²) in [6.45, 7) is 3.82. The first kappa shape index (κ1) is 21.2. The molecular formula is C22H21Cl2N3O2. The topological polar surface area (TPSA) is 62.3 Å².